The maximum Gasteiger partial charge on any atom is 0.325 e. The van der Waals surface area contributed by atoms with Crippen LogP contribution in [0.25, 0.3) is 0 Å². The van der Waals surface area contributed by atoms with Gasteiger partial charge in [0.05, 0.1) is 5.69 Å². The number of fused-ring (bicyclic) bond motifs is 1. The maximum absolute atomic E-state index is 12.9. The van der Waals surface area contributed by atoms with Crippen LogP contribution in [0.1, 0.15) is 56.8 Å². The summed E-state index contributed by atoms with van der Waals surface area (Å²) in [5.41, 5.74) is -0.456. The van der Waals surface area contributed by atoms with Crippen molar-refractivity contribution in [1.82, 2.24) is 10.2 Å². The van der Waals surface area contributed by atoms with Crippen LogP contribution in [-0.2, 0) is 9.59 Å². The van der Waals surface area contributed by atoms with E-state index < -0.39 is 24.0 Å². The molecule has 156 valence electrons. The minimum atomic E-state index is -0.954. The number of carbonyl (C=O) groups is 4. The standard InChI is InChI=1S/C20H25N3O6/c1-4-6-20(7-5-2)18(26)23(19(27)22-20)10-17(25)21-14-9-16-15(28-11-29-16)8-13(14)12(3)24/h8-9H,4-7,10-11H2,1-3H3,(H,21,25)(H,22,27). The SMILES string of the molecule is CCCC1(CCC)NC(=O)N(CC(=O)Nc2cc3c(cc2C(C)=O)OCO3)C1=O. The van der Waals surface area contributed by atoms with Gasteiger partial charge < -0.3 is 20.1 Å². The minimum Gasteiger partial charge on any atom is -0.454 e. The number of carbonyl (C=O) groups excluding carboxylic acids is 4. The molecule has 0 spiro atoms. The number of amides is 4. The number of imide groups is 1. The van der Waals surface area contributed by atoms with E-state index in [1.807, 2.05) is 13.8 Å². The third-order valence-corrected chi connectivity index (χ3v) is 5.07. The van der Waals surface area contributed by atoms with E-state index in [0.29, 0.717) is 24.3 Å². The zero-order valence-corrected chi connectivity index (χ0v) is 16.8. The Balaban J connectivity index is 1.77. The molecule has 2 heterocycles. The van der Waals surface area contributed by atoms with Gasteiger partial charge in [0, 0.05) is 11.6 Å². The molecule has 0 aromatic heterocycles. The van der Waals surface area contributed by atoms with Gasteiger partial charge in [0.1, 0.15) is 12.1 Å². The molecule has 3 rings (SSSR count). The van der Waals surface area contributed by atoms with Crippen LogP contribution in [0.4, 0.5) is 10.5 Å². The Bertz CT molecular complexity index is 860. The van der Waals surface area contributed by atoms with E-state index in [0.717, 1.165) is 17.7 Å². The summed E-state index contributed by atoms with van der Waals surface area (Å²) < 4.78 is 10.6. The van der Waals surface area contributed by atoms with Gasteiger partial charge in [-0.15, -0.1) is 0 Å². The van der Waals surface area contributed by atoms with Crippen LogP contribution < -0.4 is 20.1 Å². The number of urea groups is 1. The maximum atomic E-state index is 12.9. The number of Topliss-reactive ketones (excluding diaryl/α,β-unsaturated/α-hetero) is 1. The van der Waals surface area contributed by atoms with E-state index in [1.54, 1.807) is 0 Å². The molecule has 0 radical (unpaired) electrons. The molecular formula is C20H25N3O6. The van der Waals surface area contributed by atoms with Gasteiger partial charge in [-0.3, -0.25) is 19.3 Å². The van der Waals surface area contributed by atoms with Crippen molar-refractivity contribution in [2.45, 2.75) is 52.0 Å². The largest absolute Gasteiger partial charge is 0.454 e. The molecule has 29 heavy (non-hydrogen) atoms. The molecule has 0 aliphatic carbocycles. The van der Waals surface area contributed by atoms with Crippen LogP contribution in [0, 0.1) is 0 Å². The Morgan fingerprint density at radius 1 is 1.14 bits per heavy atom. The quantitative estimate of drug-likeness (QED) is 0.509. The number of anilines is 1. The highest BCUT2D eigenvalue weighted by Crippen LogP contribution is 2.37. The van der Waals surface area contributed by atoms with Gasteiger partial charge in [-0.25, -0.2) is 4.79 Å². The van der Waals surface area contributed by atoms with Crippen molar-refractivity contribution in [3.63, 3.8) is 0 Å². The normalized spacial score (nSPS) is 16.7. The lowest BCUT2D eigenvalue weighted by Crippen LogP contribution is -2.47. The summed E-state index contributed by atoms with van der Waals surface area (Å²) in [5, 5.41) is 5.38. The number of ketones is 1. The lowest BCUT2D eigenvalue weighted by molar-refractivity contribution is -0.134. The van der Waals surface area contributed by atoms with Gasteiger partial charge in [-0.1, -0.05) is 26.7 Å². The molecule has 0 bridgehead atoms. The molecule has 0 unspecified atom stereocenters. The number of ether oxygens (including phenoxy) is 2. The third-order valence-electron chi connectivity index (χ3n) is 5.07. The molecule has 9 nitrogen and oxygen atoms in total. The number of rotatable bonds is 8. The van der Waals surface area contributed by atoms with Gasteiger partial charge in [-0.05, 0) is 25.8 Å². The van der Waals surface area contributed by atoms with E-state index in [2.05, 4.69) is 10.6 Å². The second kappa shape index (κ2) is 8.10. The van der Waals surface area contributed by atoms with Crippen LogP contribution in [-0.4, -0.2) is 47.4 Å². The lowest BCUT2D eigenvalue weighted by atomic mass is 9.88. The summed E-state index contributed by atoms with van der Waals surface area (Å²) in [5.74, 6) is -0.410. The van der Waals surface area contributed by atoms with Crippen LogP contribution in [0.3, 0.4) is 0 Å². The third kappa shape index (κ3) is 3.90. The van der Waals surface area contributed by atoms with E-state index >= 15 is 0 Å². The van der Waals surface area contributed by atoms with Crippen LogP contribution >= 0.6 is 0 Å². The number of benzene rings is 1. The number of hydrogen-bond donors (Lipinski definition) is 2. The molecule has 1 fully saturated rings. The lowest BCUT2D eigenvalue weighted by Gasteiger charge is -2.25. The van der Waals surface area contributed by atoms with Gasteiger partial charge in [-0.2, -0.15) is 0 Å². The van der Waals surface area contributed by atoms with Crippen molar-refractivity contribution in [3.8, 4) is 11.5 Å². The molecule has 0 saturated carbocycles. The van der Waals surface area contributed by atoms with Crippen LogP contribution in [0.2, 0.25) is 0 Å². The first-order chi connectivity index (χ1) is 13.8. The van der Waals surface area contributed by atoms with E-state index in [1.165, 1.54) is 19.1 Å². The molecule has 2 aliphatic heterocycles. The molecule has 1 aromatic carbocycles. The molecule has 1 saturated heterocycles. The average Bonchev–Trinajstić information content (AvgIpc) is 3.20. The summed E-state index contributed by atoms with van der Waals surface area (Å²) in [6.45, 7) is 4.84. The molecule has 2 N–H and O–H groups in total. The second-order valence-electron chi connectivity index (χ2n) is 7.26. The number of nitrogens with one attached hydrogen (secondary N) is 2. The first-order valence-corrected chi connectivity index (χ1v) is 9.70. The molecule has 9 heteroatoms. The molecule has 0 atom stereocenters. The van der Waals surface area contributed by atoms with Crippen molar-refractivity contribution in [2.24, 2.45) is 0 Å². The Hall–Kier alpha value is -3.10. The van der Waals surface area contributed by atoms with E-state index in [4.69, 9.17) is 9.47 Å². The molecular weight excluding hydrogens is 378 g/mol. The molecule has 2 aliphatic rings. The predicted molar refractivity (Wildman–Crippen MR) is 104 cm³/mol. The molecule has 4 amide bonds. The van der Waals surface area contributed by atoms with Gasteiger partial charge in [0.15, 0.2) is 17.3 Å². The topological polar surface area (TPSA) is 114 Å². The first kappa shape index (κ1) is 20.6. The first-order valence-electron chi connectivity index (χ1n) is 9.70. The number of hydrogen-bond acceptors (Lipinski definition) is 6. The summed E-state index contributed by atoms with van der Waals surface area (Å²) in [6, 6.07) is 2.42. The van der Waals surface area contributed by atoms with Crippen LogP contribution in [0.15, 0.2) is 12.1 Å². The highest BCUT2D eigenvalue weighted by Gasteiger charge is 2.50. The van der Waals surface area contributed by atoms with E-state index in [9.17, 15) is 19.2 Å². The Morgan fingerprint density at radius 2 is 1.76 bits per heavy atom. The highest BCUT2D eigenvalue weighted by molar-refractivity contribution is 6.11. The van der Waals surface area contributed by atoms with Crippen molar-refractivity contribution in [1.29, 1.82) is 0 Å². The van der Waals surface area contributed by atoms with E-state index in [-0.39, 0.29) is 29.7 Å². The number of nitrogens with zero attached hydrogens (tertiary/aromatic N) is 1. The van der Waals surface area contributed by atoms with Gasteiger partial charge in [0.2, 0.25) is 12.7 Å². The van der Waals surface area contributed by atoms with Crippen molar-refractivity contribution >= 4 is 29.3 Å². The predicted octanol–water partition coefficient (Wildman–Crippen LogP) is 2.45. The monoisotopic (exact) mass is 403 g/mol. The molecule has 1 aromatic rings. The summed E-state index contributed by atoms with van der Waals surface area (Å²) in [7, 11) is 0. The van der Waals surface area contributed by atoms with Crippen molar-refractivity contribution in [2.75, 3.05) is 18.7 Å². The van der Waals surface area contributed by atoms with Crippen LogP contribution in [0.5, 0.6) is 11.5 Å². The average molecular weight is 403 g/mol. The Labute approximate surface area is 168 Å². The summed E-state index contributed by atoms with van der Waals surface area (Å²) in [6.07, 6.45) is 2.48. The highest BCUT2D eigenvalue weighted by atomic mass is 16.7. The Morgan fingerprint density at radius 3 is 2.34 bits per heavy atom. The zero-order valence-electron chi connectivity index (χ0n) is 16.8. The summed E-state index contributed by atoms with van der Waals surface area (Å²) in [4.78, 5) is 50.8. The van der Waals surface area contributed by atoms with Gasteiger partial charge >= 0.3 is 6.03 Å². The fourth-order valence-electron chi connectivity index (χ4n) is 3.81. The minimum absolute atomic E-state index is 0.0312. The second-order valence-corrected chi connectivity index (χ2v) is 7.26. The van der Waals surface area contributed by atoms with Crippen molar-refractivity contribution < 1.29 is 28.7 Å². The Kier molecular flexibility index (Phi) is 5.76. The zero-order chi connectivity index (χ0) is 21.2. The smallest absolute Gasteiger partial charge is 0.325 e. The fraction of sp³-hybridized carbons (Fsp3) is 0.500. The van der Waals surface area contributed by atoms with Gasteiger partial charge in [0.25, 0.3) is 5.91 Å². The fourth-order valence-corrected chi connectivity index (χ4v) is 3.81. The van der Waals surface area contributed by atoms with Crippen molar-refractivity contribution in [3.05, 3.63) is 17.7 Å². The summed E-state index contributed by atoms with van der Waals surface area (Å²) >= 11 is 0.